The Labute approximate surface area is 180 Å². The van der Waals surface area contributed by atoms with Crippen molar-refractivity contribution in [2.75, 3.05) is 10.6 Å². The van der Waals surface area contributed by atoms with Gasteiger partial charge in [0.2, 0.25) is 0 Å². The van der Waals surface area contributed by atoms with Gasteiger partial charge in [-0.1, -0.05) is 30.3 Å². The SMILES string of the molecule is O=C(Nc1ccc(/N=N/c2ccccc2)c(NC(=O)c2cccs2)c1)c1cccs1. The van der Waals surface area contributed by atoms with E-state index < -0.39 is 0 Å². The van der Waals surface area contributed by atoms with Crippen LogP contribution in [0.4, 0.5) is 22.7 Å². The number of hydrogen-bond acceptors (Lipinski definition) is 6. The van der Waals surface area contributed by atoms with Crippen molar-refractivity contribution in [3.63, 3.8) is 0 Å². The fourth-order valence-electron chi connectivity index (χ4n) is 2.60. The van der Waals surface area contributed by atoms with Crippen LogP contribution in [-0.2, 0) is 0 Å². The molecule has 0 aliphatic carbocycles. The molecule has 4 aromatic rings. The number of thiophene rings is 2. The zero-order valence-electron chi connectivity index (χ0n) is 15.6. The van der Waals surface area contributed by atoms with Crippen LogP contribution in [0, 0.1) is 0 Å². The van der Waals surface area contributed by atoms with Crippen molar-refractivity contribution in [1.29, 1.82) is 0 Å². The summed E-state index contributed by atoms with van der Waals surface area (Å²) in [6.45, 7) is 0. The molecule has 148 valence electrons. The summed E-state index contributed by atoms with van der Waals surface area (Å²) in [5.41, 5.74) is 2.19. The molecule has 0 aliphatic rings. The number of benzene rings is 2. The van der Waals surface area contributed by atoms with E-state index in [1.807, 2.05) is 53.2 Å². The summed E-state index contributed by atoms with van der Waals surface area (Å²) < 4.78 is 0. The molecule has 2 aromatic heterocycles. The monoisotopic (exact) mass is 432 g/mol. The van der Waals surface area contributed by atoms with E-state index in [1.165, 1.54) is 22.7 Å². The Kier molecular flexibility index (Phi) is 6.07. The lowest BCUT2D eigenvalue weighted by atomic mass is 10.2. The highest BCUT2D eigenvalue weighted by atomic mass is 32.1. The Bertz CT molecular complexity index is 1170. The van der Waals surface area contributed by atoms with E-state index in [-0.39, 0.29) is 11.8 Å². The molecule has 0 unspecified atom stereocenters. The molecule has 0 atom stereocenters. The van der Waals surface area contributed by atoms with Gasteiger partial charge in [0.25, 0.3) is 11.8 Å². The number of anilines is 2. The minimum absolute atomic E-state index is 0.209. The lowest BCUT2D eigenvalue weighted by Gasteiger charge is -2.10. The van der Waals surface area contributed by atoms with Crippen molar-refractivity contribution >= 4 is 57.2 Å². The van der Waals surface area contributed by atoms with E-state index >= 15 is 0 Å². The molecule has 2 amide bonds. The zero-order valence-corrected chi connectivity index (χ0v) is 17.2. The lowest BCUT2D eigenvalue weighted by molar-refractivity contribution is 0.102. The molecule has 6 nitrogen and oxygen atoms in total. The first-order chi connectivity index (χ1) is 14.7. The summed E-state index contributed by atoms with van der Waals surface area (Å²) in [6.07, 6.45) is 0. The molecule has 2 aromatic carbocycles. The first-order valence-electron chi connectivity index (χ1n) is 8.99. The van der Waals surface area contributed by atoms with Gasteiger partial charge in [-0.25, -0.2) is 0 Å². The Hall–Kier alpha value is -3.62. The third-order valence-electron chi connectivity index (χ3n) is 4.02. The van der Waals surface area contributed by atoms with Crippen molar-refractivity contribution < 1.29 is 9.59 Å². The second-order valence-corrected chi connectivity index (χ2v) is 8.03. The van der Waals surface area contributed by atoms with Gasteiger partial charge in [-0.3, -0.25) is 9.59 Å². The first-order valence-corrected chi connectivity index (χ1v) is 10.8. The number of nitrogens with one attached hydrogen (secondary N) is 2. The highest BCUT2D eigenvalue weighted by molar-refractivity contribution is 7.12. The van der Waals surface area contributed by atoms with Crippen LogP contribution in [0.3, 0.4) is 0 Å². The maximum Gasteiger partial charge on any atom is 0.265 e. The predicted octanol–water partition coefficient (Wildman–Crippen LogP) is 6.73. The Morgan fingerprint density at radius 1 is 0.700 bits per heavy atom. The molecule has 0 aliphatic heterocycles. The molecular weight excluding hydrogens is 416 g/mol. The molecule has 0 bridgehead atoms. The van der Waals surface area contributed by atoms with Crippen LogP contribution in [0.5, 0.6) is 0 Å². The van der Waals surface area contributed by atoms with Crippen LogP contribution in [0.15, 0.2) is 93.8 Å². The molecule has 0 fully saturated rings. The van der Waals surface area contributed by atoms with Crippen LogP contribution in [0.2, 0.25) is 0 Å². The van der Waals surface area contributed by atoms with Crippen LogP contribution < -0.4 is 10.6 Å². The number of hydrogen-bond donors (Lipinski definition) is 2. The summed E-state index contributed by atoms with van der Waals surface area (Å²) in [6, 6.07) is 21.6. The van der Waals surface area contributed by atoms with Gasteiger partial charge in [-0.05, 0) is 53.2 Å². The standard InChI is InChI=1S/C22H16N4O2S2/c27-21(19-8-4-12-29-19)23-16-10-11-17(26-25-15-6-2-1-3-7-15)18(14-16)24-22(28)20-9-5-13-30-20/h1-14H,(H,23,27)(H,24,28)/b26-25+. The van der Waals surface area contributed by atoms with Gasteiger partial charge in [-0.15, -0.1) is 27.8 Å². The van der Waals surface area contributed by atoms with E-state index in [9.17, 15) is 9.59 Å². The van der Waals surface area contributed by atoms with Crippen molar-refractivity contribution in [2.45, 2.75) is 0 Å². The average molecular weight is 433 g/mol. The van der Waals surface area contributed by atoms with Crippen LogP contribution in [0.25, 0.3) is 0 Å². The van der Waals surface area contributed by atoms with Crippen LogP contribution >= 0.6 is 22.7 Å². The largest absolute Gasteiger partial charge is 0.321 e. The number of azo groups is 1. The van der Waals surface area contributed by atoms with Gasteiger partial charge in [0.1, 0.15) is 5.69 Å². The fraction of sp³-hybridized carbons (Fsp3) is 0. The number of rotatable bonds is 6. The number of carbonyl (C=O) groups excluding carboxylic acids is 2. The minimum atomic E-state index is -0.247. The summed E-state index contributed by atoms with van der Waals surface area (Å²) in [5.74, 6) is -0.456. The molecule has 0 saturated heterocycles. The van der Waals surface area contributed by atoms with E-state index in [4.69, 9.17) is 0 Å². The summed E-state index contributed by atoms with van der Waals surface area (Å²) >= 11 is 2.70. The molecular formula is C22H16N4O2S2. The third kappa shape index (κ3) is 4.86. The van der Waals surface area contributed by atoms with Gasteiger partial charge in [0.15, 0.2) is 0 Å². The predicted molar refractivity (Wildman–Crippen MR) is 122 cm³/mol. The third-order valence-corrected chi connectivity index (χ3v) is 5.76. The highest BCUT2D eigenvalue weighted by Crippen LogP contribution is 2.31. The van der Waals surface area contributed by atoms with Gasteiger partial charge in [-0.2, -0.15) is 5.11 Å². The molecule has 0 radical (unpaired) electrons. The lowest BCUT2D eigenvalue weighted by Crippen LogP contribution is -2.12. The van der Waals surface area contributed by atoms with E-state index in [1.54, 1.807) is 30.3 Å². The topological polar surface area (TPSA) is 82.9 Å². The van der Waals surface area contributed by atoms with Crippen molar-refractivity contribution in [3.8, 4) is 0 Å². The summed E-state index contributed by atoms with van der Waals surface area (Å²) in [5, 5.41) is 17.9. The first kappa shape index (κ1) is 19.7. The summed E-state index contributed by atoms with van der Waals surface area (Å²) in [4.78, 5) is 26.1. The van der Waals surface area contributed by atoms with Gasteiger partial charge in [0.05, 0.1) is 21.1 Å². The van der Waals surface area contributed by atoms with Gasteiger partial charge in [0, 0.05) is 5.69 Å². The van der Waals surface area contributed by atoms with Gasteiger partial charge < -0.3 is 10.6 Å². The fourth-order valence-corrected chi connectivity index (χ4v) is 3.84. The van der Waals surface area contributed by atoms with Gasteiger partial charge >= 0.3 is 0 Å². The Morgan fingerprint density at radius 3 is 2.00 bits per heavy atom. The maximum atomic E-state index is 12.6. The van der Waals surface area contributed by atoms with E-state index in [0.29, 0.717) is 32.5 Å². The van der Waals surface area contributed by atoms with Crippen molar-refractivity contribution in [2.24, 2.45) is 10.2 Å². The smallest absolute Gasteiger partial charge is 0.265 e. The normalized spacial score (nSPS) is 10.8. The molecule has 4 rings (SSSR count). The second kappa shape index (κ2) is 9.25. The number of amides is 2. The van der Waals surface area contributed by atoms with E-state index in [2.05, 4.69) is 20.9 Å². The molecule has 0 saturated carbocycles. The number of carbonyl (C=O) groups is 2. The molecule has 0 spiro atoms. The highest BCUT2D eigenvalue weighted by Gasteiger charge is 2.13. The van der Waals surface area contributed by atoms with Crippen molar-refractivity contribution in [3.05, 3.63) is 93.3 Å². The quantitative estimate of drug-likeness (QED) is 0.331. The minimum Gasteiger partial charge on any atom is -0.321 e. The average Bonchev–Trinajstić information content (AvgIpc) is 3.48. The van der Waals surface area contributed by atoms with Crippen LogP contribution in [0.1, 0.15) is 19.3 Å². The number of nitrogens with zero attached hydrogens (tertiary/aromatic N) is 2. The second-order valence-electron chi connectivity index (χ2n) is 6.13. The molecule has 2 heterocycles. The molecule has 30 heavy (non-hydrogen) atoms. The zero-order chi connectivity index (χ0) is 20.8. The molecule has 8 heteroatoms. The van der Waals surface area contributed by atoms with Crippen LogP contribution in [-0.4, -0.2) is 11.8 Å². The Balaban J connectivity index is 1.61. The summed E-state index contributed by atoms with van der Waals surface area (Å²) in [7, 11) is 0. The Morgan fingerprint density at radius 2 is 1.37 bits per heavy atom. The van der Waals surface area contributed by atoms with Crippen molar-refractivity contribution in [1.82, 2.24) is 0 Å². The maximum absolute atomic E-state index is 12.6. The molecule has 2 N–H and O–H groups in total. The van der Waals surface area contributed by atoms with E-state index in [0.717, 1.165) is 0 Å².